The maximum atomic E-state index is 6.38. The van der Waals surface area contributed by atoms with Crippen LogP contribution in [0.2, 0.25) is 15.1 Å². The molecule has 0 saturated carbocycles. The van der Waals surface area contributed by atoms with Gasteiger partial charge in [-0.1, -0.05) is 58.1 Å². The molecular formula is C16H10Cl3N5. The van der Waals surface area contributed by atoms with E-state index in [0.29, 0.717) is 21.0 Å². The lowest BCUT2D eigenvalue weighted by molar-refractivity contribution is 0.586. The van der Waals surface area contributed by atoms with Gasteiger partial charge in [0.15, 0.2) is 0 Å². The van der Waals surface area contributed by atoms with Gasteiger partial charge in [-0.05, 0) is 46.3 Å². The Bertz CT molecular complexity index is 913. The highest BCUT2D eigenvalue weighted by atomic mass is 35.5. The molecule has 0 bridgehead atoms. The van der Waals surface area contributed by atoms with Crippen molar-refractivity contribution in [2.24, 2.45) is 0 Å². The van der Waals surface area contributed by atoms with Crippen LogP contribution < -0.4 is 5.32 Å². The van der Waals surface area contributed by atoms with Gasteiger partial charge in [0.05, 0.1) is 0 Å². The van der Waals surface area contributed by atoms with E-state index in [1.165, 1.54) is 0 Å². The molecule has 3 aromatic rings. The Balaban J connectivity index is 1.87. The van der Waals surface area contributed by atoms with Gasteiger partial charge in [-0.2, -0.15) is 4.68 Å². The first kappa shape index (κ1) is 15.4. The highest BCUT2D eigenvalue weighted by Crippen LogP contribution is 2.38. The Hall–Kier alpha value is -2.08. The Morgan fingerprint density at radius 2 is 1.67 bits per heavy atom. The van der Waals surface area contributed by atoms with Crippen molar-refractivity contribution in [2.45, 2.75) is 6.04 Å². The molecule has 4 rings (SSSR count). The van der Waals surface area contributed by atoms with E-state index >= 15 is 0 Å². The summed E-state index contributed by atoms with van der Waals surface area (Å²) in [6.07, 6.45) is 1.99. The third-order valence-corrected chi connectivity index (χ3v) is 4.69. The Kier molecular flexibility index (Phi) is 3.92. The van der Waals surface area contributed by atoms with E-state index in [-0.39, 0.29) is 6.04 Å². The fourth-order valence-electron chi connectivity index (χ4n) is 2.65. The summed E-state index contributed by atoms with van der Waals surface area (Å²) in [5, 5.41) is 16.8. The predicted octanol–water partition coefficient (Wildman–Crippen LogP) is 4.69. The van der Waals surface area contributed by atoms with Crippen molar-refractivity contribution in [3.63, 3.8) is 0 Å². The first-order chi connectivity index (χ1) is 11.6. The van der Waals surface area contributed by atoms with E-state index < -0.39 is 0 Å². The zero-order chi connectivity index (χ0) is 16.7. The molecule has 1 unspecified atom stereocenters. The van der Waals surface area contributed by atoms with Crippen LogP contribution in [0, 0.1) is 0 Å². The van der Waals surface area contributed by atoms with Gasteiger partial charge in [0, 0.05) is 26.3 Å². The largest absolute Gasteiger partial charge is 0.323 e. The molecule has 0 saturated heterocycles. The molecule has 0 spiro atoms. The van der Waals surface area contributed by atoms with Crippen molar-refractivity contribution in [1.82, 2.24) is 20.2 Å². The number of nitrogens with one attached hydrogen (secondary N) is 1. The molecular weight excluding hydrogens is 369 g/mol. The first-order valence-corrected chi connectivity index (χ1v) is 8.23. The topological polar surface area (TPSA) is 55.6 Å². The fraction of sp³-hybridized carbons (Fsp3) is 0.0625. The van der Waals surface area contributed by atoms with Crippen molar-refractivity contribution in [3.05, 3.63) is 74.7 Å². The molecule has 0 amide bonds. The number of aromatic nitrogens is 4. The minimum absolute atomic E-state index is 0.317. The molecule has 0 aliphatic carbocycles. The summed E-state index contributed by atoms with van der Waals surface area (Å²) in [5.41, 5.74) is 2.57. The van der Waals surface area contributed by atoms with Gasteiger partial charge in [-0.25, -0.2) is 0 Å². The third kappa shape index (κ3) is 2.65. The van der Waals surface area contributed by atoms with E-state index in [2.05, 4.69) is 20.8 Å². The van der Waals surface area contributed by atoms with Gasteiger partial charge in [0.2, 0.25) is 5.95 Å². The molecule has 120 valence electrons. The van der Waals surface area contributed by atoms with Gasteiger partial charge >= 0.3 is 0 Å². The smallest absolute Gasteiger partial charge is 0.248 e. The van der Waals surface area contributed by atoms with E-state index in [1.54, 1.807) is 22.9 Å². The monoisotopic (exact) mass is 377 g/mol. The summed E-state index contributed by atoms with van der Waals surface area (Å²) in [6, 6.07) is 12.6. The summed E-state index contributed by atoms with van der Waals surface area (Å²) in [7, 11) is 0. The fourth-order valence-corrected chi connectivity index (χ4v) is 3.40. The second-order valence-corrected chi connectivity index (χ2v) is 6.49. The summed E-state index contributed by atoms with van der Waals surface area (Å²) in [6.45, 7) is 0. The number of rotatable bonds is 2. The molecule has 1 aliphatic rings. The number of hydrogen-bond acceptors (Lipinski definition) is 4. The molecule has 0 fully saturated rings. The number of anilines is 1. The van der Waals surface area contributed by atoms with E-state index in [1.807, 2.05) is 30.3 Å². The third-order valence-electron chi connectivity index (χ3n) is 3.78. The highest BCUT2D eigenvalue weighted by Gasteiger charge is 2.27. The SMILES string of the molecule is Clc1ccc(C2=CC(c3c(Cl)cccc3Cl)n3nnnc3N2)cc1. The van der Waals surface area contributed by atoms with E-state index in [4.69, 9.17) is 34.8 Å². The normalized spacial score (nSPS) is 16.3. The number of tetrazole rings is 1. The summed E-state index contributed by atoms with van der Waals surface area (Å²) < 4.78 is 1.65. The van der Waals surface area contributed by atoms with Crippen LogP contribution in [-0.4, -0.2) is 20.2 Å². The minimum atomic E-state index is -0.317. The molecule has 1 atom stereocenters. The Morgan fingerprint density at radius 3 is 2.38 bits per heavy atom. The Morgan fingerprint density at radius 1 is 0.958 bits per heavy atom. The molecule has 1 aliphatic heterocycles. The average molecular weight is 379 g/mol. The van der Waals surface area contributed by atoms with E-state index in [9.17, 15) is 0 Å². The van der Waals surface area contributed by atoms with Gasteiger partial charge in [-0.15, -0.1) is 0 Å². The quantitative estimate of drug-likeness (QED) is 0.703. The number of hydrogen-bond donors (Lipinski definition) is 1. The van der Waals surface area contributed by atoms with Gasteiger partial charge in [0.25, 0.3) is 0 Å². The number of fused-ring (bicyclic) bond motifs is 1. The van der Waals surface area contributed by atoms with Crippen molar-refractivity contribution in [2.75, 3.05) is 5.32 Å². The summed E-state index contributed by atoms with van der Waals surface area (Å²) in [4.78, 5) is 0. The van der Waals surface area contributed by atoms with E-state index in [0.717, 1.165) is 16.8 Å². The Labute approximate surface area is 152 Å². The van der Waals surface area contributed by atoms with Crippen LogP contribution in [-0.2, 0) is 0 Å². The first-order valence-electron chi connectivity index (χ1n) is 7.10. The van der Waals surface area contributed by atoms with Crippen LogP contribution in [0.15, 0.2) is 48.5 Å². The lowest BCUT2D eigenvalue weighted by atomic mass is 10.0. The van der Waals surface area contributed by atoms with Gasteiger partial charge in [0.1, 0.15) is 6.04 Å². The van der Waals surface area contributed by atoms with Crippen LogP contribution >= 0.6 is 34.8 Å². The lowest BCUT2D eigenvalue weighted by Gasteiger charge is -2.24. The molecule has 24 heavy (non-hydrogen) atoms. The molecule has 5 nitrogen and oxygen atoms in total. The van der Waals surface area contributed by atoms with Crippen LogP contribution in [0.5, 0.6) is 0 Å². The summed E-state index contributed by atoms with van der Waals surface area (Å²) in [5.74, 6) is 0.517. The maximum Gasteiger partial charge on any atom is 0.248 e. The van der Waals surface area contributed by atoms with Crippen molar-refractivity contribution in [1.29, 1.82) is 0 Å². The number of benzene rings is 2. The van der Waals surface area contributed by atoms with Crippen molar-refractivity contribution < 1.29 is 0 Å². The molecule has 1 N–H and O–H groups in total. The van der Waals surface area contributed by atoms with Crippen LogP contribution in [0.4, 0.5) is 5.95 Å². The number of allylic oxidation sites excluding steroid dienone is 1. The van der Waals surface area contributed by atoms with Crippen molar-refractivity contribution >= 4 is 46.4 Å². The van der Waals surface area contributed by atoms with Crippen LogP contribution in [0.25, 0.3) is 5.70 Å². The standard InChI is InChI=1S/C16H10Cl3N5/c17-10-6-4-9(5-7-10)13-8-14(24-16(20-13)21-22-23-24)15-11(18)2-1-3-12(15)19/h1-8,14H,(H,20,21,23). The lowest BCUT2D eigenvalue weighted by Crippen LogP contribution is -2.20. The highest BCUT2D eigenvalue weighted by molar-refractivity contribution is 6.36. The van der Waals surface area contributed by atoms with Crippen LogP contribution in [0.1, 0.15) is 17.2 Å². The van der Waals surface area contributed by atoms with Gasteiger partial charge < -0.3 is 5.32 Å². The zero-order valence-electron chi connectivity index (χ0n) is 12.1. The zero-order valence-corrected chi connectivity index (χ0v) is 14.4. The molecule has 2 aromatic carbocycles. The number of halogens is 3. The summed E-state index contributed by atoms with van der Waals surface area (Å²) >= 11 is 18.7. The second-order valence-electron chi connectivity index (χ2n) is 5.24. The molecule has 0 radical (unpaired) electrons. The van der Waals surface area contributed by atoms with Gasteiger partial charge in [-0.3, -0.25) is 0 Å². The predicted molar refractivity (Wildman–Crippen MR) is 95.5 cm³/mol. The van der Waals surface area contributed by atoms with Crippen molar-refractivity contribution in [3.8, 4) is 0 Å². The second kappa shape index (κ2) is 6.09. The number of nitrogens with zero attached hydrogens (tertiary/aromatic N) is 4. The maximum absolute atomic E-state index is 6.38. The molecule has 2 heterocycles. The average Bonchev–Trinajstić information content (AvgIpc) is 3.04. The van der Waals surface area contributed by atoms with Crippen LogP contribution in [0.3, 0.4) is 0 Å². The molecule has 8 heteroatoms. The molecule has 1 aromatic heterocycles. The minimum Gasteiger partial charge on any atom is -0.323 e.